The Balaban J connectivity index is 1.78. The van der Waals surface area contributed by atoms with Crippen LogP contribution in [-0.4, -0.2) is 37.3 Å². The van der Waals surface area contributed by atoms with Crippen LogP contribution in [0.25, 0.3) is 27.9 Å². The van der Waals surface area contributed by atoms with E-state index in [0.717, 1.165) is 39.7 Å². The molecule has 1 aliphatic rings. The average Bonchev–Trinajstić information content (AvgIpc) is 3.10. The van der Waals surface area contributed by atoms with E-state index in [4.69, 9.17) is 17.3 Å². The van der Waals surface area contributed by atoms with E-state index >= 15 is 0 Å². The fourth-order valence-corrected chi connectivity index (χ4v) is 4.68. The van der Waals surface area contributed by atoms with Crippen molar-refractivity contribution in [2.24, 2.45) is 0 Å². The largest absolute Gasteiger partial charge is 0.480 e. The van der Waals surface area contributed by atoms with Crippen molar-refractivity contribution in [3.63, 3.8) is 0 Å². The second-order valence-electron chi connectivity index (χ2n) is 6.20. The molecule has 2 heterocycles. The molecule has 136 valence electrons. The first-order valence-corrected chi connectivity index (χ1v) is 9.70. The fourth-order valence-electron chi connectivity index (χ4n) is 3.42. The second-order valence-corrected chi connectivity index (χ2v) is 7.88. The maximum Gasteiger partial charge on any atom is 0.323 e. The molecule has 0 aliphatic carbocycles. The molecular formula is C20H16N2O3S2. The molecule has 1 aliphatic heterocycles. The van der Waals surface area contributed by atoms with Crippen LogP contribution in [0.15, 0.2) is 47.4 Å². The van der Waals surface area contributed by atoms with Gasteiger partial charge in [0.05, 0.1) is 4.91 Å². The molecule has 7 heteroatoms. The number of carbonyl (C=O) groups is 2. The minimum absolute atomic E-state index is 0.275. The number of aromatic nitrogens is 1. The van der Waals surface area contributed by atoms with E-state index in [0.29, 0.717) is 4.91 Å². The summed E-state index contributed by atoms with van der Waals surface area (Å²) in [4.78, 5) is 25.0. The first kappa shape index (κ1) is 17.8. The van der Waals surface area contributed by atoms with Gasteiger partial charge in [-0.15, -0.1) is 0 Å². The van der Waals surface area contributed by atoms with E-state index in [1.54, 1.807) is 6.08 Å². The molecule has 0 unspecified atom stereocenters. The molecule has 1 fully saturated rings. The molecule has 4 rings (SSSR count). The van der Waals surface area contributed by atoms with Crippen molar-refractivity contribution >= 4 is 68.1 Å². The number of para-hydroxylation sites is 1. The van der Waals surface area contributed by atoms with Crippen LogP contribution in [0.5, 0.6) is 0 Å². The van der Waals surface area contributed by atoms with Crippen LogP contribution in [0.4, 0.5) is 0 Å². The SMILES string of the molecule is CCn1c2ccccc2c2cc(/C=C3\SC(=S)N(CC(=O)O)C3=O)ccc21. The highest BCUT2D eigenvalue weighted by molar-refractivity contribution is 8.26. The Kier molecular flexibility index (Phi) is 4.49. The van der Waals surface area contributed by atoms with Gasteiger partial charge in [0.2, 0.25) is 0 Å². The number of rotatable bonds is 4. The molecule has 1 amide bonds. The molecule has 0 atom stereocenters. The van der Waals surface area contributed by atoms with E-state index in [-0.39, 0.29) is 10.2 Å². The number of aliphatic carboxylic acids is 1. The highest BCUT2D eigenvalue weighted by atomic mass is 32.2. The van der Waals surface area contributed by atoms with Crippen LogP contribution in [0.3, 0.4) is 0 Å². The minimum atomic E-state index is -1.08. The molecule has 1 saturated heterocycles. The third kappa shape index (κ3) is 3.02. The monoisotopic (exact) mass is 396 g/mol. The predicted octanol–water partition coefficient (Wildman–Crippen LogP) is 4.10. The van der Waals surface area contributed by atoms with Gasteiger partial charge in [0.1, 0.15) is 10.9 Å². The number of aryl methyl sites for hydroxylation is 1. The fraction of sp³-hybridized carbons (Fsp3) is 0.150. The molecule has 2 aromatic carbocycles. The van der Waals surface area contributed by atoms with Crippen LogP contribution < -0.4 is 0 Å². The normalized spacial score (nSPS) is 16.2. The summed E-state index contributed by atoms with van der Waals surface area (Å²) in [5, 5.41) is 11.2. The molecule has 0 spiro atoms. The van der Waals surface area contributed by atoms with Crippen LogP contribution in [0, 0.1) is 0 Å². The summed E-state index contributed by atoms with van der Waals surface area (Å²) in [7, 11) is 0. The summed E-state index contributed by atoms with van der Waals surface area (Å²) in [5.41, 5.74) is 3.21. The number of hydrogen-bond donors (Lipinski definition) is 1. The van der Waals surface area contributed by atoms with E-state index < -0.39 is 12.5 Å². The van der Waals surface area contributed by atoms with Gasteiger partial charge in [-0.3, -0.25) is 14.5 Å². The number of fused-ring (bicyclic) bond motifs is 3. The smallest absolute Gasteiger partial charge is 0.323 e. The Morgan fingerprint density at radius 2 is 1.93 bits per heavy atom. The van der Waals surface area contributed by atoms with Crippen LogP contribution in [-0.2, 0) is 16.1 Å². The number of nitrogens with zero attached hydrogens (tertiary/aromatic N) is 2. The first-order chi connectivity index (χ1) is 13.0. The van der Waals surface area contributed by atoms with E-state index in [2.05, 4.69) is 35.8 Å². The van der Waals surface area contributed by atoms with Crippen LogP contribution >= 0.6 is 24.0 Å². The van der Waals surface area contributed by atoms with Gasteiger partial charge >= 0.3 is 5.97 Å². The quantitative estimate of drug-likeness (QED) is 0.531. The molecular weight excluding hydrogens is 380 g/mol. The number of hydrogen-bond acceptors (Lipinski definition) is 4. The number of carboxylic acids is 1. The standard InChI is InChI=1S/C20H16N2O3S2/c1-2-21-15-6-4-3-5-13(15)14-9-12(7-8-16(14)21)10-17-19(25)22(11-18(23)24)20(26)27-17/h3-10H,2,11H2,1H3,(H,23,24)/b17-10-. The van der Waals surface area contributed by atoms with Gasteiger partial charge in [0, 0.05) is 28.4 Å². The van der Waals surface area contributed by atoms with Gasteiger partial charge in [-0.1, -0.05) is 48.2 Å². The minimum Gasteiger partial charge on any atom is -0.480 e. The third-order valence-corrected chi connectivity index (χ3v) is 5.96. The Bertz CT molecular complexity index is 1150. The van der Waals surface area contributed by atoms with Crippen molar-refractivity contribution < 1.29 is 14.7 Å². The van der Waals surface area contributed by atoms with Crippen molar-refractivity contribution in [2.75, 3.05) is 6.54 Å². The molecule has 27 heavy (non-hydrogen) atoms. The average molecular weight is 396 g/mol. The van der Waals surface area contributed by atoms with Gasteiger partial charge in [-0.2, -0.15) is 0 Å². The van der Waals surface area contributed by atoms with Crippen molar-refractivity contribution in [3.8, 4) is 0 Å². The number of carbonyl (C=O) groups excluding carboxylic acids is 1. The lowest BCUT2D eigenvalue weighted by Gasteiger charge is -2.10. The number of thiocarbonyl (C=S) groups is 1. The zero-order valence-corrected chi connectivity index (χ0v) is 16.1. The van der Waals surface area contributed by atoms with E-state index in [9.17, 15) is 9.59 Å². The lowest BCUT2D eigenvalue weighted by atomic mass is 10.1. The van der Waals surface area contributed by atoms with Crippen molar-refractivity contribution in [3.05, 3.63) is 52.9 Å². The molecule has 5 nitrogen and oxygen atoms in total. The van der Waals surface area contributed by atoms with Gasteiger partial charge in [0.25, 0.3) is 5.91 Å². The van der Waals surface area contributed by atoms with Gasteiger partial charge in [0.15, 0.2) is 0 Å². The molecule has 0 saturated carbocycles. The summed E-state index contributed by atoms with van der Waals surface area (Å²) in [6, 6.07) is 14.3. The number of amides is 1. The lowest BCUT2D eigenvalue weighted by Crippen LogP contribution is -2.33. The summed E-state index contributed by atoms with van der Waals surface area (Å²) < 4.78 is 2.54. The maximum atomic E-state index is 12.5. The van der Waals surface area contributed by atoms with Gasteiger partial charge in [-0.05, 0) is 36.8 Å². The number of benzene rings is 2. The summed E-state index contributed by atoms with van der Waals surface area (Å²) >= 11 is 6.29. The lowest BCUT2D eigenvalue weighted by molar-refractivity contribution is -0.140. The molecule has 3 aromatic rings. The van der Waals surface area contributed by atoms with Crippen LogP contribution in [0.2, 0.25) is 0 Å². The summed E-state index contributed by atoms with van der Waals surface area (Å²) in [6.45, 7) is 2.58. The number of thioether (sulfide) groups is 1. The maximum absolute atomic E-state index is 12.5. The molecule has 0 radical (unpaired) electrons. The van der Waals surface area contributed by atoms with Gasteiger partial charge in [-0.25, -0.2) is 0 Å². The Hall–Kier alpha value is -2.64. The van der Waals surface area contributed by atoms with Crippen LogP contribution in [0.1, 0.15) is 12.5 Å². The van der Waals surface area contributed by atoms with Gasteiger partial charge < -0.3 is 9.67 Å². The highest BCUT2D eigenvalue weighted by Gasteiger charge is 2.33. The van der Waals surface area contributed by atoms with Crippen molar-refractivity contribution in [2.45, 2.75) is 13.5 Å². The Morgan fingerprint density at radius 3 is 2.67 bits per heavy atom. The Morgan fingerprint density at radius 1 is 1.19 bits per heavy atom. The van der Waals surface area contributed by atoms with Crippen molar-refractivity contribution in [1.82, 2.24) is 9.47 Å². The zero-order chi connectivity index (χ0) is 19.1. The van der Waals surface area contributed by atoms with E-state index in [1.807, 2.05) is 18.2 Å². The third-order valence-electron chi connectivity index (χ3n) is 4.58. The highest BCUT2D eigenvalue weighted by Crippen LogP contribution is 2.34. The molecule has 1 aromatic heterocycles. The van der Waals surface area contributed by atoms with Crippen molar-refractivity contribution in [1.29, 1.82) is 0 Å². The topological polar surface area (TPSA) is 62.5 Å². The molecule has 1 N–H and O–H groups in total. The first-order valence-electron chi connectivity index (χ1n) is 8.47. The molecule has 0 bridgehead atoms. The summed E-state index contributed by atoms with van der Waals surface area (Å²) in [5.74, 6) is -1.44. The zero-order valence-electron chi connectivity index (χ0n) is 14.5. The summed E-state index contributed by atoms with van der Waals surface area (Å²) in [6.07, 6.45) is 1.78. The number of carboxylic acid groups (broad SMARTS) is 1. The predicted molar refractivity (Wildman–Crippen MR) is 113 cm³/mol. The second kappa shape index (κ2) is 6.83. The Labute approximate surface area is 165 Å². The van der Waals surface area contributed by atoms with E-state index in [1.165, 1.54) is 10.9 Å².